The Bertz CT molecular complexity index is 1160. The van der Waals surface area contributed by atoms with Gasteiger partial charge in [-0.1, -0.05) is 42.1 Å². The van der Waals surface area contributed by atoms with E-state index in [1.54, 1.807) is 12.1 Å². The smallest absolute Gasteiger partial charge is 0.253 e. The lowest BCUT2D eigenvalue weighted by atomic mass is 10.1. The van der Waals surface area contributed by atoms with E-state index in [4.69, 9.17) is 9.47 Å². The number of hydrogen-bond donors (Lipinski definition) is 0. The molecule has 2 aromatic carbocycles. The van der Waals surface area contributed by atoms with Gasteiger partial charge in [-0.15, -0.1) is 10.2 Å². The van der Waals surface area contributed by atoms with E-state index < -0.39 is 0 Å². The van der Waals surface area contributed by atoms with Crippen LogP contribution in [-0.2, 0) is 16.1 Å². The lowest BCUT2D eigenvalue weighted by Crippen LogP contribution is -2.25. The third-order valence-electron chi connectivity index (χ3n) is 6.00. The Morgan fingerprint density at radius 2 is 1.94 bits per heavy atom. The minimum Gasteiger partial charge on any atom is -0.497 e. The Balaban J connectivity index is 1.31. The maximum absolute atomic E-state index is 12.9. The zero-order valence-electron chi connectivity index (χ0n) is 19.1. The van der Waals surface area contributed by atoms with Crippen LogP contribution >= 0.6 is 11.8 Å². The molecule has 1 saturated heterocycles. The number of methoxy groups -OCH3 is 1. The summed E-state index contributed by atoms with van der Waals surface area (Å²) in [5.74, 6) is 1.76. The zero-order valence-corrected chi connectivity index (χ0v) is 19.9. The molecule has 3 aromatic rings. The number of hydrazone groups is 1. The maximum Gasteiger partial charge on any atom is 0.253 e. The second-order valence-electron chi connectivity index (χ2n) is 8.25. The second-order valence-corrected chi connectivity index (χ2v) is 9.19. The van der Waals surface area contributed by atoms with Crippen molar-refractivity contribution in [3.8, 4) is 17.1 Å². The molecule has 9 heteroatoms. The third kappa shape index (κ3) is 5.00. The molecule has 0 N–H and O–H groups in total. The fourth-order valence-corrected chi connectivity index (χ4v) is 4.99. The van der Waals surface area contributed by atoms with Crippen LogP contribution < -0.4 is 4.74 Å². The molecule has 0 spiro atoms. The highest BCUT2D eigenvalue weighted by Crippen LogP contribution is 2.28. The number of rotatable bonds is 8. The molecule has 34 heavy (non-hydrogen) atoms. The predicted molar refractivity (Wildman–Crippen MR) is 131 cm³/mol. The van der Waals surface area contributed by atoms with Crippen LogP contribution in [0.4, 0.5) is 0 Å². The van der Waals surface area contributed by atoms with Gasteiger partial charge < -0.3 is 9.47 Å². The Kier molecular flexibility index (Phi) is 6.92. The van der Waals surface area contributed by atoms with E-state index in [1.165, 1.54) is 11.8 Å². The van der Waals surface area contributed by atoms with E-state index in [-0.39, 0.29) is 17.8 Å². The predicted octanol–water partition coefficient (Wildman–Crippen LogP) is 3.86. The highest BCUT2D eigenvalue weighted by atomic mass is 32.2. The number of carbonyl (C=O) groups excluding carboxylic acids is 1. The van der Waals surface area contributed by atoms with Crippen molar-refractivity contribution >= 4 is 23.4 Å². The van der Waals surface area contributed by atoms with Gasteiger partial charge in [0.1, 0.15) is 5.75 Å². The van der Waals surface area contributed by atoms with E-state index in [1.807, 2.05) is 54.6 Å². The standard InChI is InChI=1S/C25H27N5O3S/c1-32-20-11-9-19(10-12-20)24-26-27-25(29(24)16-21-8-5-15-33-21)34-17-23(31)30-14-13-22(28-30)18-6-3-2-4-7-18/h2-4,6-7,9-12,21H,5,8,13-17H2,1H3. The molecule has 2 aliphatic heterocycles. The van der Waals surface area contributed by atoms with Crippen molar-refractivity contribution in [2.45, 2.75) is 37.1 Å². The Labute approximate surface area is 203 Å². The first-order valence-corrected chi connectivity index (χ1v) is 12.4. The SMILES string of the molecule is COc1ccc(-c2nnc(SCC(=O)N3CCC(c4ccccc4)=N3)n2CC2CCCO2)cc1. The Morgan fingerprint density at radius 1 is 1.12 bits per heavy atom. The first-order valence-electron chi connectivity index (χ1n) is 11.5. The number of nitrogens with zero attached hydrogens (tertiary/aromatic N) is 5. The average molecular weight is 478 g/mol. The summed E-state index contributed by atoms with van der Waals surface area (Å²) in [4.78, 5) is 12.9. The van der Waals surface area contributed by atoms with E-state index in [0.717, 1.165) is 54.3 Å². The van der Waals surface area contributed by atoms with Gasteiger partial charge in [-0.05, 0) is 42.7 Å². The van der Waals surface area contributed by atoms with E-state index in [2.05, 4.69) is 19.9 Å². The summed E-state index contributed by atoms with van der Waals surface area (Å²) in [6.07, 6.45) is 2.95. The number of hydrogen-bond acceptors (Lipinski definition) is 7. The van der Waals surface area contributed by atoms with Gasteiger partial charge >= 0.3 is 0 Å². The first kappa shape index (κ1) is 22.6. The minimum atomic E-state index is -0.0337. The molecule has 0 aliphatic carbocycles. The molecular weight excluding hydrogens is 450 g/mol. The third-order valence-corrected chi connectivity index (χ3v) is 6.95. The summed E-state index contributed by atoms with van der Waals surface area (Å²) in [5, 5.41) is 15.7. The van der Waals surface area contributed by atoms with Crippen molar-refractivity contribution in [3.05, 3.63) is 60.2 Å². The van der Waals surface area contributed by atoms with Crippen LogP contribution in [0.1, 0.15) is 24.8 Å². The summed E-state index contributed by atoms with van der Waals surface area (Å²) in [7, 11) is 1.65. The highest BCUT2D eigenvalue weighted by molar-refractivity contribution is 7.99. The van der Waals surface area contributed by atoms with E-state index in [9.17, 15) is 4.79 Å². The number of ether oxygens (including phenoxy) is 2. The quantitative estimate of drug-likeness (QED) is 0.458. The summed E-state index contributed by atoms with van der Waals surface area (Å²) < 4.78 is 13.2. The second kappa shape index (κ2) is 10.4. The van der Waals surface area contributed by atoms with Gasteiger partial charge in [-0.2, -0.15) is 5.10 Å². The molecule has 0 radical (unpaired) electrons. The monoisotopic (exact) mass is 477 g/mol. The van der Waals surface area contributed by atoms with Gasteiger partial charge in [0.2, 0.25) is 0 Å². The van der Waals surface area contributed by atoms with Crippen molar-refractivity contribution in [3.63, 3.8) is 0 Å². The molecule has 1 aromatic heterocycles. The summed E-state index contributed by atoms with van der Waals surface area (Å²) in [6.45, 7) is 2.04. The Hall–Kier alpha value is -3.17. The number of thioether (sulfide) groups is 1. The van der Waals surface area contributed by atoms with Gasteiger partial charge in [-0.3, -0.25) is 9.36 Å². The van der Waals surface area contributed by atoms with Gasteiger partial charge in [-0.25, -0.2) is 5.01 Å². The van der Waals surface area contributed by atoms with Crippen LogP contribution in [0.25, 0.3) is 11.4 Å². The minimum absolute atomic E-state index is 0.0337. The van der Waals surface area contributed by atoms with Crippen LogP contribution in [0.5, 0.6) is 5.75 Å². The van der Waals surface area contributed by atoms with E-state index >= 15 is 0 Å². The first-order chi connectivity index (χ1) is 16.7. The lowest BCUT2D eigenvalue weighted by Gasteiger charge is -2.15. The molecule has 0 bridgehead atoms. The van der Waals surface area contributed by atoms with Crippen molar-refractivity contribution in [2.24, 2.45) is 5.10 Å². The number of amides is 1. The average Bonchev–Trinajstić information content (AvgIpc) is 3.65. The summed E-state index contributed by atoms with van der Waals surface area (Å²) in [6, 6.07) is 17.8. The number of carbonyl (C=O) groups is 1. The maximum atomic E-state index is 12.9. The van der Waals surface area contributed by atoms with Crippen LogP contribution in [0.3, 0.4) is 0 Å². The topological polar surface area (TPSA) is 81.8 Å². The molecule has 3 heterocycles. The summed E-state index contributed by atoms with van der Waals surface area (Å²) in [5.41, 5.74) is 2.95. The van der Waals surface area contributed by atoms with Gasteiger partial charge in [0.05, 0.1) is 37.8 Å². The number of benzene rings is 2. The lowest BCUT2D eigenvalue weighted by molar-refractivity contribution is -0.127. The molecular formula is C25H27N5O3S. The summed E-state index contributed by atoms with van der Waals surface area (Å²) >= 11 is 1.39. The van der Waals surface area contributed by atoms with Gasteiger partial charge in [0.25, 0.3) is 5.91 Å². The van der Waals surface area contributed by atoms with Gasteiger partial charge in [0.15, 0.2) is 11.0 Å². The Morgan fingerprint density at radius 3 is 2.68 bits per heavy atom. The van der Waals surface area contributed by atoms with Crippen molar-refractivity contribution in [1.82, 2.24) is 19.8 Å². The zero-order chi connectivity index (χ0) is 23.3. The molecule has 176 valence electrons. The molecule has 1 fully saturated rings. The van der Waals surface area contributed by atoms with Crippen LogP contribution in [0, 0.1) is 0 Å². The van der Waals surface area contributed by atoms with Crippen LogP contribution in [0.2, 0.25) is 0 Å². The van der Waals surface area contributed by atoms with Crippen molar-refractivity contribution in [1.29, 1.82) is 0 Å². The van der Waals surface area contributed by atoms with Crippen LogP contribution in [-0.4, -0.2) is 63.5 Å². The molecule has 2 aliphatic rings. The largest absolute Gasteiger partial charge is 0.497 e. The van der Waals surface area contributed by atoms with Gasteiger partial charge in [0, 0.05) is 18.6 Å². The van der Waals surface area contributed by atoms with E-state index in [0.29, 0.717) is 18.2 Å². The molecule has 0 saturated carbocycles. The molecule has 8 nitrogen and oxygen atoms in total. The highest BCUT2D eigenvalue weighted by Gasteiger charge is 2.25. The number of aromatic nitrogens is 3. The molecule has 1 unspecified atom stereocenters. The van der Waals surface area contributed by atoms with Crippen LogP contribution in [0.15, 0.2) is 64.9 Å². The van der Waals surface area contributed by atoms with Crippen molar-refractivity contribution < 1.29 is 14.3 Å². The van der Waals surface area contributed by atoms with Crippen molar-refractivity contribution in [2.75, 3.05) is 26.0 Å². The molecule has 1 atom stereocenters. The molecule has 5 rings (SSSR count). The molecule has 1 amide bonds. The fraction of sp³-hybridized carbons (Fsp3) is 0.360. The normalized spacial score (nSPS) is 17.7. The fourth-order valence-electron chi connectivity index (χ4n) is 4.18.